The van der Waals surface area contributed by atoms with Gasteiger partial charge in [-0.15, -0.1) is 0 Å². The van der Waals surface area contributed by atoms with E-state index in [0.29, 0.717) is 13.2 Å². The topological polar surface area (TPSA) is 33.7 Å². The second-order valence-corrected chi connectivity index (χ2v) is 4.28. The Morgan fingerprint density at radius 1 is 1.19 bits per heavy atom. The van der Waals surface area contributed by atoms with Crippen LogP contribution in [0.5, 0.6) is 0 Å². The summed E-state index contributed by atoms with van der Waals surface area (Å²) in [5, 5.41) is 3.51. The summed E-state index contributed by atoms with van der Waals surface area (Å²) in [5.74, 6) is 0. The average Bonchev–Trinajstić information content (AvgIpc) is 2.31. The molecule has 0 aromatic heterocycles. The highest BCUT2D eigenvalue weighted by Crippen LogP contribution is 2.09. The van der Waals surface area contributed by atoms with Gasteiger partial charge in [-0.2, -0.15) is 0 Å². The number of nitrogens with zero attached hydrogens (tertiary/aromatic N) is 1. The maximum Gasteiger partial charge on any atom is 0.0700 e. The standard InChI is InChI=1S/C12H26N2O2/c1-3-13-12-4-6-14(7-5-12)8-9-16-11-10-15-2/h12-13H,3-11H2,1-2H3. The van der Waals surface area contributed by atoms with Crippen molar-refractivity contribution in [3.63, 3.8) is 0 Å². The van der Waals surface area contributed by atoms with Crippen LogP contribution in [0.15, 0.2) is 0 Å². The predicted molar refractivity (Wildman–Crippen MR) is 65.8 cm³/mol. The molecule has 4 heteroatoms. The van der Waals surface area contributed by atoms with E-state index in [0.717, 1.165) is 25.7 Å². The molecule has 1 rings (SSSR count). The van der Waals surface area contributed by atoms with Crippen LogP contribution in [0, 0.1) is 0 Å². The average molecular weight is 230 g/mol. The van der Waals surface area contributed by atoms with Crippen molar-refractivity contribution in [1.29, 1.82) is 0 Å². The Kier molecular flexibility index (Phi) is 7.76. The molecule has 0 bridgehead atoms. The van der Waals surface area contributed by atoms with Gasteiger partial charge in [0.2, 0.25) is 0 Å². The summed E-state index contributed by atoms with van der Waals surface area (Å²) >= 11 is 0. The molecule has 0 radical (unpaired) electrons. The summed E-state index contributed by atoms with van der Waals surface area (Å²) in [6, 6.07) is 0.732. The van der Waals surface area contributed by atoms with E-state index in [1.54, 1.807) is 7.11 Å². The molecule has 0 saturated carbocycles. The normalized spacial score (nSPS) is 19.1. The highest BCUT2D eigenvalue weighted by molar-refractivity contribution is 4.76. The van der Waals surface area contributed by atoms with Gasteiger partial charge in [0, 0.05) is 19.7 Å². The smallest absolute Gasteiger partial charge is 0.0700 e. The minimum absolute atomic E-state index is 0.697. The molecule has 1 aliphatic rings. The Bertz CT molecular complexity index is 159. The number of methoxy groups -OCH3 is 1. The lowest BCUT2D eigenvalue weighted by Gasteiger charge is -2.32. The second-order valence-electron chi connectivity index (χ2n) is 4.28. The molecule has 4 nitrogen and oxygen atoms in total. The zero-order valence-corrected chi connectivity index (χ0v) is 10.7. The van der Waals surface area contributed by atoms with Crippen molar-refractivity contribution in [2.24, 2.45) is 0 Å². The number of piperidine rings is 1. The Morgan fingerprint density at radius 2 is 1.94 bits per heavy atom. The molecular formula is C12H26N2O2. The van der Waals surface area contributed by atoms with Gasteiger partial charge in [0.1, 0.15) is 0 Å². The molecule has 1 saturated heterocycles. The lowest BCUT2D eigenvalue weighted by atomic mass is 10.1. The number of nitrogens with one attached hydrogen (secondary N) is 1. The predicted octanol–water partition coefficient (Wildman–Crippen LogP) is 0.723. The van der Waals surface area contributed by atoms with Gasteiger partial charge in [-0.1, -0.05) is 6.92 Å². The van der Waals surface area contributed by atoms with E-state index in [2.05, 4.69) is 17.1 Å². The molecule has 1 heterocycles. The van der Waals surface area contributed by atoms with Gasteiger partial charge < -0.3 is 19.7 Å². The van der Waals surface area contributed by atoms with Crippen LogP contribution in [0.3, 0.4) is 0 Å². The molecule has 0 spiro atoms. The first-order valence-electron chi connectivity index (χ1n) is 6.39. The van der Waals surface area contributed by atoms with Gasteiger partial charge in [-0.3, -0.25) is 0 Å². The largest absolute Gasteiger partial charge is 0.382 e. The monoisotopic (exact) mass is 230 g/mol. The van der Waals surface area contributed by atoms with Crippen molar-refractivity contribution < 1.29 is 9.47 Å². The Morgan fingerprint density at radius 3 is 2.56 bits per heavy atom. The van der Waals surface area contributed by atoms with Gasteiger partial charge in [0.25, 0.3) is 0 Å². The summed E-state index contributed by atoms with van der Waals surface area (Å²) in [7, 11) is 1.70. The first-order valence-corrected chi connectivity index (χ1v) is 6.39. The Labute approximate surface area is 99.3 Å². The van der Waals surface area contributed by atoms with Gasteiger partial charge in [0.05, 0.1) is 19.8 Å². The third-order valence-electron chi connectivity index (χ3n) is 3.06. The summed E-state index contributed by atoms with van der Waals surface area (Å²) in [6.45, 7) is 8.96. The lowest BCUT2D eigenvalue weighted by Crippen LogP contribution is -2.43. The molecule has 0 atom stereocenters. The van der Waals surface area contributed by atoms with Crippen LogP contribution in [-0.4, -0.2) is 64.1 Å². The molecular weight excluding hydrogens is 204 g/mol. The Hall–Kier alpha value is -0.160. The van der Waals surface area contributed by atoms with Crippen LogP contribution < -0.4 is 5.32 Å². The van der Waals surface area contributed by atoms with Gasteiger partial charge in [0.15, 0.2) is 0 Å². The zero-order valence-electron chi connectivity index (χ0n) is 10.7. The number of ether oxygens (including phenoxy) is 2. The van der Waals surface area contributed by atoms with Crippen molar-refractivity contribution in [1.82, 2.24) is 10.2 Å². The molecule has 0 amide bonds. The third-order valence-corrected chi connectivity index (χ3v) is 3.06. The van der Waals surface area contributed by atoms with Crippen molar-refractivity contribution in [2.45, 2.75) is 25.8 Å². The van der Waals surface area contributed by atoms with Crippen LogP contribution in [0.4, 0.5) is 0 Å². The molecule has 0 aromatic carbocycles. The molecule has 96 valence electrons. The van der Waals surface area contributed by atoms with Gasteiger partial charge in [-0.05, 0) is 32.5 Å². The minimum atomic E-state index is 0.697. The van der Waals surface area contributed by atoms with Crippen LogP contribution in [0.25, 0.3) is 0 Å². The summed E-state index contributed by atoms with van der Waals surface area (Å²) in [4.78, 5) is 2.49. The van der Waals surface area contributed by atoms with E-state index in [1.807, 2.05) is 0 Å². The fourth-order valence-electron chi connectivity index (χ4n) is 2.09. The zero-order chi connectivity index (χ0) is 11.6. The molecule has 0 unspecified atom stereocenters. The summed E-state index contributed by atoms with van der Waals surface area (Å²) in [5.41, 5.74) is 0. The van der Waals surface area contributed by atoms with Crippen LogP contribution in [0.1, 0.15) is 19.8 Å². The first-order chi connectivity index (χ1) is 7.86. The molecule has 1 fully saturated rings. The molecule has 0 aliphatic carbocycles. The summed E-state index contributed by atoms with van der Waals surface area (Å²) in [6.07, 6.45) is 2.54. The number of rotatable bonds is 8. The highest BCUT2D eigenvalue weighted by atomic mass is 16.5. The Balaban J connectivity index is 1.95. The summed E-state index contributed by atoms with van der Waals surface area (Å²) < 4.78 is 10.4. The molecule has 1 aliphatic heterocycles. The number of hydrogen-bond acceptors (Lipinski definition) is 4. The van der Waals surface area contributed by atoms with Gasteiger partial charge >= 0.3 is 0 Å². The molecule has 16 heavy (non-hydrogen) atoms. The first kappa shape index (κ1) is 13.9. The molecule has 0 aromatic rings. The van der Waals surface area contributed by atoms with E-state index < -0.39 is 0 Å². The fraction of sp³-hybridized carbons (Fsp3) is 1.00. The SMILES string of the molecule is CCNC1CCN(CCOCCOC)CC1. The number of hydrogen-bond donors (Lipinski definition) is 1. The maximum absolute atomic E-state index is 5.47. The van der Waals surface area contributed by atoms with Crippen molar-refractivity contribution in [3.8, 4) is 0 Å². The fourth-order valence-corrected chi connectivity index (χ4v) is 2.09. The maximum atomic E-state index is 5.47. The van der Waals surface area contributed by atoms with E-state index in [-0.39, 0.29) is 0 Å². The minimum Gasteiger partial charge on any atom is -0.382 e. The number of likely N-dealkylation sites (tertiary alicyclic amines) is 1. The van der Waals surface area contributed by atoms with E-state index in [1.165, 1.54) is 25.9 Å². The quantitative estimate of drug-likeness (QED) is 0.623. The van der Waals surface area contributed by atoms with Crippen LogP contribution in [-0.2, 0) is 9.47 Å². The third kappa shape index (κ3) is 5.80. The van der Waals surface area contributed by atoms with Crippen LogP contribution >= 0.6 is 0 Å². The second kappa shape index (κ2) is 8.93. The van der Waals surface area contributed by atoms with Crippen molar-refractivity contribution in [2.75, 3.05) is 53.1 Å². The molecule has 1 N–H and O–H groups in total. The van der Waals surface area contributed by atoms with E-state index in [4.69, 9.17) is 9.47 Å². The highest BCUT2D eigenvalue weighted by Gasteiger charge is 2.17. The van der Waals surface area contributed by atoms with E-state index in [9.17, 15) is 0 Å². The van der Waals surface area contributed by atoms with E-state index >= 15 is 0 Å². The van der Waals surface area contributed by atoms with Gasteiger partial charge in [-0.25, -0.2) is 0 Å². The van der Waals surface area contributed by atoms with Crippen molar-refractivity contribution >= 4 is 0 Å². The van der Waals surface area contributed by atoms with Crippen LogP contribution in [0.2, 0.25) is 0 Å². The lowest BCUT2D eigenvalue weighted by molar-refractivity contribution is 0.0525. The van der Waals surface area contributed by atoms with Crippen molar-refractivity contribution in [3.05, 3.63) is 0 Å².